The van der Waals surface area contributed by atoms with E-state index in [9.17, 15) is 18.0 Å². The fourth-order valence-electron chi connectivity index (χ4n) is 5.26. The van der Waals surface area contributed by atoms with Crippen molar-refractivity contribution in [3.05, 3.63) is 70.9 Å². The van der Waals surface area contributed by atoms with E-state index in [1.807, 2.05) is 18.7 Å². The number of carbonyl (C=O) groups is 1. The standard InChI is InChI=1S/C26H26F3N5O2/c1-5-15-11-17-24(31-32(3)25(17)14-9-19(27)23(29)20(28)10-14)21(6-2)34(15)26(35)18-12-30-33-13-16(36-4)7-8-22(18)33/h7-10,12-13,15,21H,5-6,11H2,1-4H3. The molecule has 7 nitrogen and oxygen atoms in total. The minimum atomic E-state index is -1.50. The third-order valence-electron chi connectivity index (χ3n) is 6.97. The van der Waals surface area contributed by atoms with Crippen LogP contribution in [0.5, 0.6) is 5.75 Å². The maximum atomic E-state index is 14.1. The van der Waals surface area contributed by atoms with Gasteiger partial charge in [0.1, 0.15) is 5.75 Å². The van der Waals surface area contributed by atoms with Gasteiger partial charge in [0.15, 0.2) is 17.5 Å². The number of fused-ring (bicyclic) bond motifs is 2. The van der Waals surface area contributed by atoms with E-state index < -0.39 is 17.5 Å². The predicted molar refractivity (Wildman–Crippen MR) is 127 cm³/mol. The molecule has 1 aromatic carbocycles. The molecule has 0 N–H and O–H groups in total. The minimum absolute atomic E-state index is 0.161. The Morgan fingerprint density at radius 1 is 1.14 bits per heavy atom. The summed E-state index contributed by atoms with van der Waals surface area (Å²) in [5.41, 5.74) is 3.36. The summed E-state index contributed by atoms with van der Waals surface area (Å²) in [5, 5.41) is 9.01. The van der Waals surface area contributed by atoms with Crippen molar-refractivity contribution in [3.63, 3.8) is 0 Å². The molecular formula is C26H26F3N5O2. The molecule has 1 amide bonds. The van der Waals surface area contributed by atoms with Gasteiger partial charge in [-0.1, -0.05) is 13.8 Å². The molecule has 0 aliphatic carbocycles. The summed E-state index contributed by atoms with van der Waals surface area (Å²) >= 11 is 0. The van der Waals surface area contributed by atoms with Crippen molar-refractivity contribution in [2.24, 2.45) is 7.05 Å². The highest BCUT2D eigenvalue weighted by Gasteiger charge is 2.40. The van der Waals surface area contributed by atoms with Crippen molar-refractivity contribution in [1.29, 1.82) is 0 Å². The topological polar surface area (TPSA) is 64.7 Å². The van der Waals surface area contributed by atoms with E-state index in [0.717, 1.165) is 17.7 Å². The van der Waals surface area contributed by atoms with Crippen molar-refractivity contribution in [3.8, 4) is 17.0 Å². The lowest BCUT2D eigenvalue weighted by molar-refractivity contribution is 0.0515. The van der Waals surface area contributed by atoms with E-state index >= 15 is 0 Å². The number of amides is 1. The maximum absolute atomic E-state index is 14.1. The van der Waals surface area contributed by atoms with Crippen LogP contribution < -0.4 is 4.74 Å². The lowest BCUT2D eigenvalue weighted by Crippen LogP contribution is -2.47. The van der Waals surface area contributed by atoms with Gasteiger partial charge in [0, 0.05) is 24.2 Å². The maximum Gasteiger partial charge on any atom is 0.258 e. The number of hydrogen-bond acceptors (Lipinski definition) is 4. The molecule has 0 saturated carbocycles. The van der Waals surface area contributed by atoms with Crippen LogP contribution in [-0.4, -0.2) is 43.4 Å². The Balaban J connectivity index is 1.60. The Hall–Kier alpha value is -3.82. The van der Waals surface area contributed by atoms with Gasteiger partial charge in [0.05, 0.1) is 48.0 Å². The number of rotatable bonds is 5. The normalized spacial score (nSPS) is 17.5. The van der Waals surface area contributed by atoms with E-state index in [2.05, 4.69) is 10.2 Å². The van der Waals surface area contributed by atoms with E-state index in [-0.39, 0.29) is 23.6 Å². The van der Waals surface area contributed by atoms with Gasteiger partial charge in [0.2, 0.25) is 0 Å². The molecule has 0 bridgehead atoms. The largest absolute Gasteiger partial charge is 0.495 e. The van der Waals surface area contributed by atoms with E-state index in [0.29, 0.717) is 47.5 Å². The van der Waals surface area contributed by atoms with Gasteiger partial charge in [0.25, 0.3) is 5.91 Å². The number of carbonyl (C=O) groups excluding carboxylic acids is 1. The van der Waals surface area contributed by atoms with Crippen LogP contribution in [0.4, 0.5) is 13.2 Å². The zero-order valence-corrected chi connectivity index (χ0v) is 20.4. The van der Waals surface area contributed by atoms with Gasteiger partial charge >= 0.3 is 0 Å². The van der Waals surface area contributed by atoms with Gasteiger partial charge in [-0.25, -0.2) is 17.7 Å². The number of halogens is 3. The van der Waals surface area contributed by atoms with Gasteiger partial charge < -0.3 is 9.64 Å². The molecule has 4 heterocycles. The fraction of sp³-hybridized carbons (Fsp3) is 0.346. The monoisotopic (exact) mass is 497 g/mol. The first kappa shape index (κ1) is 23.9. The number of benzene rings is 1. The number of pyridine rings is 1. The highest BCUT2D eigenvalue weighted by Crippen LogP contribution is 2.41. The van der Waals surface area contributed by atoms with Crippen LogP contribution >= 0.6 is 0 Å². The van der Waals surface area contributed by atoms with Crippen LogP contribution in [0.25, 0.3) is 16.8 Å². The van der Waals surface area contributed by atoms with Crippen molar-refractivity contribution in [2.45, 2.75) is 45.2 Å². The van der Waals surface area contributed by atoms with Crippen LogP contribution in [0.15, 0.2) is 36.7 Å². The third kappa shape index (κ3) is 3.63. The third-order valence-corrected chi connectivity index (χ3v) is 6.97. The van der Waals surface area contributed by atoms with E-state index in [1.54, 1.807) is 47.9 Å². The minimum Gasteiger partial charge on any atom is -0.495 e. The summed E-state index contributed by atoms with van der Waals surface area (Å²) < 4.78 is 50.2. The number of aromatic nitrogens is 4. The Bertz CT molecular complexity index is 1460. The predicted octanol–water partition coefficient (Wildman–Crippen LogP) is 5.09. The van der Waals surface area contributed by atoms with E-state index in [4.69, 9.17) is 4.74 Å². The molecule has 3 aromatic heterocycles. The molecule has 5 rings (SSSR count). The number of methoxy groups -OCH3 is 1. The second-order valence-electron chi connectivity index (χ2n) is 8.95. The highest BCUT2D eigenvalue weighted by atomic mass is 19.2. The molecule has 188 valence electrons. The lowest BCUT2D eigenvalue weighted by Gasteiger charge is -2.41. The summed E-state index contributed by atoms with van der Waals surface area (Å²) in [5.74, 6) is -3.55. The van der Waals surface area contributed by atoms with Gasteiger partial charge in [-0.05, 0) is 43.5 Å². The average molecular weight is 498 g/mol. The second kappa shape index (κ2) is 9.00. The molecular weight excluding hydrogens is 471 g/mol. The molecule has 4 aromatic rings. The van der Waals surface area contributed by atoms with Crippen LogP contribution in [0.3, 0.4) is 0 Å². The molecule has 0 saturated heterocycles. The molecule has 1 aliphatic heterocycles. The molecule has 0 radical (unpaired) electrons. The number of aryl methyl sites for hydroxylation is 1. The Morgan fingerprint density at radius 2 is 1.86 bits per heavy atom. The molecule has 10 heteroatoms. The number of nitrogens with zero attached hydrogens (tertiary/aromatic N) is 5. The highest BCUT2D eigenvalue weighted by molar-refractivity contribution is 6.01. The van der Waals surface area contributed by atoms with Crippen LogP contribution in [0, 0.1) is 17.5 Å². The molecule has 0 fully saturated rings. The van der Waals surface area contributed by atoms with Crippen molar-refractivity contribution in [2.75, 3.05) is 7.11 Å². The first-order valence-electron chi connectivity index (χ1n) is 11.8. The first-order valence-corrected chi connectivity index (χ1v) is 11.8. The SMILES string of the molecule is CCC1Cc2c(nn(C)c2-c2cc(F)c(F)c(F)c2)C(CC)N1C(=O)c1cnn2cc(OC)ccc12. The lowest BCUT2D eigenvalue weighted by atomic mass is 9.87. The van der Waals surface area contributed by atoms with Gasteiger partial charge in [-0.3, -0.25) is 9.48 Å². The summed E-state index contributed by atoms with van der Waals surface area (Å²) in [7, 11) is 3.25. The van der Waals surface area contributed by atoms with Gasteiger partial charge in [-0.15, -0.1) is 0 Å². The fourth-order valence-corrected chi connectivity index (χ4v) is 5.26. The zero-order chi connectivity index (χ0) is 25.7. The quantitative estimate of drug-likeness (QED) is 0.361. The Morgan fingerprint density at radius 3 is 2.50 bits per heavy atom. The second-order valence-corrected chi connectivity index (χ2v) is 8.95. The number of hydrogen-bond donors (Lipinski definition) is 0. The average Bonchev–Trinajstić information content (AvgIpc) is 3.44. The number of ether oxygens (including phenoxy) is 1. The molecule has 0 spiro atoms. The molecule has 36 heavy (non-hydrogen) atoms. The Labute approximate surface area is 206 Å². The van der Waals surface area contributed by atoms with Crippen molar-refractivity contribution in [1.82, 2.24) is 24.3 Å². The summed E-state index contributed by atoms with van der Waals surface area (Å²) in [6.07, 6.45) is 4.96. The van der Waals surface area contributed by atoms with Gasteiger partial charge in [-0.2, -0.15) is 10.2 Å². The summed E-state index contributed by atoms with van der Waals surface area (Å²) in [6.45, 7) is 3.97. The summed E-state index contributed by atoms with van der Waals surface area (Å²) in [4.78, 5) is 15.8. The van der Waals surface area contributed by atoms with Crippen LogP contribution in [0.1, 0.15) is 54.3 Å². The molecule has 1 aliphatic rings. The van der Waals surface area contributed by atoms with Crippen LogP contribution in [0.2, 0.25) is 0 Å². The zero-order valence-electron chi connectivity index (χ0n) is 20.4. The van der Waals surface area contributed by atoms with Crippen LogP contribution in [-0.2, 0) is 13.5 Å². The molecule has 2 atom stereocenters. The van der Waals surface area contributed by atoms with Crippen molar-refractivity contribution < 1.29 is 22.7 Å². The van der Waals surface area contributed by atoms with E-state index in [1.165, 1.54) is 0 Å². The van der Waals surface area contributed by atoms with Crippen molar-refractivity contribution >= 4 is 11.4 Å². The molecule has 2 unspecified atom stereocenters. The summed E-state index contributed by atoms with van der Waals surface area (Å²) in [6, 6.07) is 5.02. The first-order chi connectivity index (χ1) is 17.3. The smallest absolute Gasteiger partial charge is 0.258 e. The Kier molecular flexibility index (Phi) is 5.97.